The van der Waals surface area contributed by atoms with Crippen molar-refractivity contribution < 1.29 is 14.6 Å². The molecule has 7 heteroatoms. The summed E-state index contributed by atoms with van der Waals surface area (Å²) in [6.07, 6.45) is 0. The van der Waals surface area contributed by atoms with Gasteiger partial charge in [0.2, 0.25) is 10.1 Å². The molecule has 0 aromatic rings. The van der Waals surface area contributed by atoms with E-state index in [0.29, 0.717) is 22.7 Å². The van der Waals surface area contributed by atoms with Crippen molar-refractivity contribution in [2.24, 2.45) is 0 Å². The van der Waals surface area contributed by atoms with Gasteiger partial charge in [-0.2, -0.15) is 0 Å². The van der Waals surface area contributed by atoms with Crippen LogP contribution in [0.4, 0.5) is 0 Å². The van der Waals surface area contributed by atoms with E-state index in [1.807, 2.05) is 0 Å². The van der Waals surface area contributed by atoms with Crippen molar-refractivity contribution in [1.29, 1.82) is 0 Å². The molecular weight excluding hydrogens is 216 g/mol. The summed E-state index contributed by atoms with van der Waals surface area (Å²) < 4.78 is 4.33. The molecular formula is C6H2O5S2. The highest BCUT2D eigenvalue weighted by Gasteiger charge is 2.10. The van der Waals surface area contributed by atoms with Crippen LogP contribution >= 0.6 is 22.7 Å². The lowest BCUT2D eigenvalue weighted by Gasteiger charge is -1.89. The Morgan fingerprint density at radius 1 is 0.923 bits per heavy atom. The summed E-state index contributed by atoms with van der Waals surface area (Å²) in [6, 6.07) is 0. The first-order chi connectivity index (χ1) is 6.09. The standard InChI is InChI=1S/C6H2O5S2/c7-3-1-2(4(8)11-3)13-6(10)5(9)12-1/h9-10H. The quantitative estimate of drug-likeness (QED) is 0.662. The van der Waals surface area contributed by atoms with Crippen molar-refractivity contribution in [3.05, 3.63) is 29.9 Å². The lowest BCUT2D eigenvalue weighted by atomic mass is 10.7. The van der Waals surface area contributed by atoms with Crippen LogP contribution in [0.5, 0.6) is 10.1 Å². The number of aromatic hydroxyl groups is 2. The van der Waals surface area contributed by atoms with E-state index in [1.165, 1.54) is 0 Å². The van der Waals surface area contributed by atoms with E-state index in [-0.39, 0.29) is 9.06 Å². The van der Waals surface area contributed by atoms with Gasteiger partial charge in [-0.1, -0.05) is 22.7 Å². The van der Waals surface area contributed by atoms with Crippen molar-refractivity contribution in [1.82, 2.24) is 0 Å². The van der Waals surface area contributed by atoms with Gasteiger partial charge >= 0.3 is 11.3 Å². The number of hydrogen-bond acceptors (Lipinski definition) is 7. The monoisotopic (exact) mass is 218 g/mol. The van der Waals surface area contributed by atoms with Crippen LogP contribution in [0, 0.1) is 9.06 Å². The Labute approximate surface area is 77.8 Å². The molecule has 5 nitrogen and oxygen atoms in total. The van der Waals surface area contributed by atoms with Crippen molar-refractivity contribution >= 4 is 22.7 Å². The number of rotatable bonds is 0. The Morgan fingerprint density at radius 2 is 1.31 bits per heavy atom. The van der Waals surface area contributed by atoms with Crippen LogP contribution in [-0.4, -0.2) is 10.2 Å². The third-order valence-corrected chi connectivity index (χ3v) is 3.52. The summed E-state index contributed by atoms with van der Waals surface area (Å²) in [5, 5.41) is 17.3. The van der Waals surface area contributed by atoms with Gasteiger partial charge in [-0.25, -0.2) is 9.59 Å². The largest absolute Gasteiger partial charge is 0.496 e. The minimum atomic E-state index is -0.781. The molecule has 0 spiro atoms. The third kappa shape index (κ3) is 1.12. The zero-order chi connectivity index (χ0) is 9.59. The van der Waals surface area contributed by atoms with E-state index in [0.717, 1.165) is 0 Å². The van der Waals surface area contributed by atoms with Gasteiger partial charge < -0.3 is 14.6 Å². The fourth-order valence-electron chi connectivity index (χ4n) is 0.819. The maximum Gasteiger partial charge on any atom is 0.358 e. The van der Waals surface area contributed by atoms with E-state index in [1.54, 1.807) is 0 Å². The highest BCUT2D eigenvalue weighted by Crippen LogP contribution is 2.32. The molecule has 0 saturated carbocycles. The summed E-state index contributed by atoms with van der Waals surface area (Å²) in [7, 11) is 0. The predicted octanol–water partition coefficient (Wildman–Crippen LogP) is 0.259. The summed E-state index contributed by atoms with van der Waals surface area (Å²) >= 11 is 1.25. The summed E-state index contributed by atoms with van der Waals surface area (Å²) in [5.41, 5.74) is -1.56. The second-order valence-corrected chi connectivity index (χ2v) is 4.15. The lowest BCUT2D eigenvalue weighted by Crippen LogP contribution is -1.95. The SMILES string of the molecule is O=c1oc(=O)c2sc(O)c(O)sc1=2. The third-order valence-electron chi connectivity index (χ3n) is 1.34. The van der Waals surface area contributed by atoms with Crippen LogP contribution in [0.3, 0.4) is 0 Å². The topological polar surface area (TPSA) is 87.7 Å². The molecule has 2 aliphatic heterocycles. The minimum absolute atomic E-state index is 0.0327. The van der Waals surface area contributed by atoms with Gasteiger partial charge in [-0.3, -0.25) is 0 Å². The van der Waals surface area contributed by atoms with Crippen LogP contribution in [0.2, 0.25) is 0 Å². The fraction of sp³-hybridized carbons (Fsp3) is 0. The maximum atomic E-state index is 10.9. The first-order valence-corrected chi connectivity index (χ1v) is 4.71. The van der Waals surface area contributed by atoms with Gasteiger partial charge in [-0.15, -0.1) is 0 Å². The normalized spacial score (nSPS) is 10.8. The fourth-order valence-corrected chi connectivity index (χ4v) is 2.48. The molecule has 68 valence electrons. The van der Waals surface area contributed by atoms with Gasteiger partial charge in [0.1, 0.15) is 9.06 Å². The van der Waals surface area contributed by atoms with Gasteiger partial charge in [0.15, 0.2) is 0 Å². The molecule has 2 aliphatic rings. The van der Waals surface area contributed by atoms with E-state index in [2.05, 4.69) is 4.42 Å². The molecule has 13 heavy (non-hydrogen) atoms. The highest BCUT2D eigenvalue weighted by molar-refractivity contribution is 7.19. The molecule has 0 amide bonds. The number of hydrogen-bond donors (Lipinski definition) is 2. The van der Waals surface area contributed by atoms with E-state index in [4.69, 9.17) is 10.2 Å². The zero-order valence-electron chi connectivity index (χ0n) is 5.94. The average molecular weight is 218 g/mol. The van der Waals surface area contributed by atoms with Gasteiger partial charge in [-0.05, 0) is 0 Å². The Morgan fingerprint density at radius 3 is 1.69 bits per heavy atom. The summed E-state index contributed by atoms with van der Waals surface area (Å²) in [5.74, 6) is 0. The second-order valence-electron chi connectivity index (χ2n) is 2.15. The Hall–Kier alpha value is -1.34. The molecule has 0 fully saturated rings. The van der Waals surface area contributed by atoms with Crippen LogP contribution in [0.25, 0.3) is 0 Å². The smallest absolute Gasteiger partial charge is 0.358 e. The van der Waals surface area contributed by atoms with Crippen LogP contribution < -0.4 is 11.3 Å². The predicted molar refractivity (Wildman–Crippen MR) is 45.6 cm³/mol. The van der Waals surface area contributed by atoms with Crippen LogP contribution in [0.1, 0.15) is 0 Å². The molecule has 0 aliphatic carbocycles. The Kier molecular flexibility index (Phi) is 1.64. The van der Waals surface area contributed by atoms with E-state index in [9.17, 15) is 9.59 Å². The molecule has 0 saturated heterocycles. The molecule has 2 N–H and O–H groups in total. The summed E-state index contributed by atoms with van der Waals surface area (Å²) in [6.45, 7) is 0. The van der Waals surface area contributed by atoms with E-state index < -0.39 is 21.4 Å². The van der Waals surface area contributed by atoms with Gasteiger partial charge in [0, 0.05) is 0 Å². The van der Waals surface area contributed by atoms with Gasteiger partial charge in [0.05, 0.1) is 0 Å². The molecule has 0 aromatic heterocycles. The van der Waals surface area contributed by atoms with Crippen LogP contribution in [0.15, 0.2) is 14.0 Å². The molecule has 2 rings (SSSR count). The second kappa shape index (κ2) is 2.57. The Bertz CT molecular complexity index is 565. The first-order valence-electron chi connectivity index (χ1n) is 3.08. The lowest BCUT2D eigenvalue weighted by molar-refractivity contribution is 0.424. The molecule has 0 radical (unpaired) electrons. The Balaban J connectivity index is 3.19. The highest BCUT2D eigenvalue weighted by atomic mass is 32.1. The molecule has 0 atom stereocenters. The maximum absolute atomic E-state index is 10.9. The van der Waals surface area contributed by atoms with Crippen molar-refractivity contribution in [3.8, 4) is 10.1 Å². The zero-order valence-corrected chi connectivity index (χ0v) is 7.57. The van der Waals surface area contributed by atoms with Crippen molar-refractivity contribution in [3.63, 3.8) is 0 Å². The minimum Gasteiger partial charge on any atom is -0.496 e. The molecule has 0 unspecified atom stereocenters. The first kappa shape index (κ1) is 8.27. The molecule has 2 heterocycles. The van der Waals surface area contributed by atoms with Crippen molar-refractivity contribution in [2.75, 3.05) is 0 Å². The average Bonchev–Trinajstić information content (AvgIpc) is 2.31. The summed E-state index contributed by atoms with van der Waals surface area (Å²) in [4.78, 5) is 21.8. The van der Waals surface area contributed by atoms with Gasteiger partial charge in [0.25, 0.3) is 0 Å². The molecule has 0 bridgehead atoms. The van der Waals surface area contributed by atoms with Crippen LogP contribution in [-0.2, 0) is 0 Å². The van der Waals surface area contributed by atoms with Crippen molar-refractivity contribution in [2.45, 2.75) is 0 Å². The molecule has 0 aromatic carbocycles. The van der Waals surface area contributed by atoms with E-state index >= 15 is 0 Å².